The number of carbonyl (C=O) groups excluding carboxylic acids is 1. The van der Waals surface area contributed by atoms with E-state index in [1.807, 2.05) is 46.0 Å². The molecule has 5 heteroatoms. The van der Waals surface area contributed by atoms with Gasteiger partial charge in [-0.1, -0.05) is 30.3 Å². The number of benzene rings is 1. The van der Waals surface area contributed by atoms with E-state index < -0.39 is 11.8 Å². The van der Waals surface area contributed by atoms with E-state index in [0.717, 1.165) is 19.4 Å². The van der Waals surface area contributed by atoms with Crippen LogP contribution in [0.4, 0.5) is 9.18 Å². The number of nitrogens with zero attached hydrogens (tertiary/aromatic N) is 2. The summed E-state index contributed by atoms with van der Waals surface area (Å²) in [6, 6.07) is 9.68. The molecule has 0 saturated carbocycles. The number of amides is 1. The second-order valence-corrected chi connectivity index (χ2v) is 8.33. The molecule has 2 aliphatic heterocycles. The molecule has 0 radical (unpaired) electrons. The summed E-state index contributed by atoms with van der Waals surface area (Å²) in [7, 11) is 1.98. The van der Waals surface area contributed by atoms with Crippen LogP contribution in [0.5, 0.6) is 0 Å². The van der Waals surface area contributed by atoms with Gasteiger partial charge in [-0.2, -0.15) is 0 Å². The van der Waals surface area contributed by atoms with Crippen molar-refractivity contribution in [2.24, 2.45) is 0 Å². The Morgan fingerprint density at radius 1 is 1.28 bits per heavy atom. The average molecular weight is 348 g/mol. The van der Waals surface area contributed by atoms with Gasteiger partial charge in [0.25, 0.3) is 0 Å². The third kappa shape index (κ3) is 3.97. The van der Waals surface area contributed by atoms with Crippen LogP contribution in [0.2, 0.25) is 0 Å². The van der Waals surface area contributed by atoms with Crippen LogP contribution in [0, 0.1) is 0 Å². The van der Waals surface area contributed by atoms with Crippen molar-refractivity contribution in [2.45, 2.75) is 76.5 Å². The minimum atomic E-state index is -1.04. The van der Waals surface area contributed by atoms with Gasteiger partial charge in [0, 0.05) is 18.6 Å². The molecule has 2 fully saturated rings. The number of halogens is 1. The Hall–Kier alpha value is -1.62. The lowest BCUT2D eigenvalue weighted by Gasteiger charge is -2.44. The molecule has 1 amide bonds. The van der Waals surface area contributed by atoms with Crippen molar-refractivity contribution < 1.29 is 13.9 Å². The Kier molecular flexibility index (Phi) is 5.05. The van der Waals surface area contributed by atoms with E-state index in [1.54, 1.807) is 4.90 Å². The first-order chi connectivity index (χ1) is 11.8. The van der Waals surface area contributed by atoms with Crippen molar-refractivity contribution in [3.05, 3.63) is 35.9 Å². The molecule has 2 saturated heterocycles. The summed E-state index contributed by atoms with van der Waals surface area (Å²) in [5, 5.41) is 0. The van der Waals surface area contributed by atoms with Crippen molar-refractivity contribution in [3.8, 4) is 0 Å². The van der Waals surface area contributed by atoms with Crippen LogP contribution in [-0.4, -0.2) is 52.8 Å². The van der Waals surface area contributed by atoms with Gasteiger partial charge in [-0.15, -0.1) is 0 Å². The predicted octanol–water partition coefficient (Wildman–Crippen LogP) is 4.00. The van der Waals surface area contributed by atoms with Crippen LogP contribution in [0.1, 0.15) is 45.6 Å². The highest BCUT2D eigenvalue weighted by Gasteiger charge is 2.51. The van der Waals surface area contributed by atoms with Gasteiger partial charge in [0.1, 0.15) is 11.8 Å². The molecule has 2 heterocycles. The average Bonchev–Trinajstić information content (AvgIpc) is 2.87. The van der Waals surface area contributed by atoms with Gasteiger partial charge in [-0.25, -0.2) is 9.18 Å². The molecule has 2 unspecified atom stereocenters. The van der Waals surface area contributed by atoms with E-state index in [2.05, 4.69) is 17.0 Å². The number of ether oxygens (including phenoxy) is 1. The van der Waals surface area contributed by atoms with Crippen molar-refractivity contribution in [1.29, 1.82) is 0 Å². The minimum absolute atomic E-state index is 0.0788. The standard InChI is InChI=1S/C20H29FN2O2/c1-20(2,3)25-19(24)23-15-10-11-16(23)18(21)17(12-15)22(4)13-14-8-6-5-7-9-14/h5-9,15-18H,10-13H2,1-4H3/t15?,16?,17-,18+/m1/s1. The van der Waals surface area contributed by atoms with Gasteiger partial charge in [0.15, 0.2) is 0 Å². The quantitative estimate of drug-likeness (QED) is 0.828. The highest BCUT2D eigenvalue weighted by Crippen LogP contribution is 2.40. The third-order valence-electron chi connectivity index (χ3n) is 5.24. The number of rotatable bonds is 3. The first-order valence-electron chi connectivity index (χ1n) is 9.16. The summed E-state index contributed by atoms with van der Waals surface area (Å²) in [5.74, 6) is 0. The van der Waals surface area contributed by atoms with Crippen molar-refractivity contribution in [3.63, 3.8) is 0 Å². The fraction of sp³-hybridized carbons (Fsp3) is 0.650. The van der Waals surface area contributed by atoms with Crippen molar-refractivity contribution >= 4 is 6.09 Å². The van der Waals surface area contributed by atoms with Gasteiger partial charge in [0.05, 0.1) is 6.04 Å². The molecule has 0 spiro atoms. The summed E-state index contributed by atoms with van der Waals surface area (Å²) in [6.07, 6.45) is 0.841. The third-order valence-corrected chi connectivity index (χ3v) is 5.24. The molecule has 0 aliphatic carbocycles. The number of alkyl halides is 1. The van der Waals surface area contributed by atoms with Crippen LogP contribution < -0.4 is 0 Å². The van der Waals surface area contributed by atoms with Gasteiger partial charge < -0.3 is 4.74 Å². The molecule has 0 N–H and O–H groups in total. The van der Waals surface area contributed by atoms with Crippen LogP contribution in [0.3, 0.4) is 0 Å². The number of hydrogen-bond donors (Lipinski definition) is 0. The Bertz CT molecular complexity index is 601. The number of hydrogen-bond acceptors (Lipinski definition) is 3. The van der Waals surface area contributed by atoms with E-state index in [1.165, 1.54) is 5.56 Å². The molecular formula is C20H29FN2O2. The molecule has 4 nitrogen and oxygen atoms in total. The van der Waals surface area contributed by atoms with Crippen molar-refractivity contribution in [2.75, 3.05) is 7.05 Å². The maximum atomic E-state index is 15.2. The molecule has 2 bridgehead atoms. The Balaban J connectivity index is 1.68. The van der Waals surface area contributed by atoms with E-state index in [9.17, 15) is 4.79 Å². The molecule has 138 valence electrons. The highest BCUT2D eigenvalue weighted by molar-refractivity contribution is 5.70. The van der Waals surface area contributed by atoms with Gasteiger partial charge >= 0.3 is 6.09 Å². The summed E-state index contributed by atoms with van der Waals surface area (Å²) in [5.41, 5.74) is 0.627. The topological polar surface area (TPSA) is 32.8 Å². The lowest BCUT2D eigenvalue weighted by molar-refractivity contribution is -0.0304. The number of fused-ring (bicyclic) bond motifs is 2. The number of piperidine rings is 1. The Labute approximate surface area is 149 Å². The van der Waals surface area contributed by atoms with Crippen LogP contribution in [0.15, 0.2) is 30.3 Å². The molecule has 1 aromatic rings. The van der Waals surface area contributed by atoms with Gasteiger partial charge in [0.2, 0.25) is 0 Å². The fourth-order valence-corrected chi connectivity index (χ4v) is 4.13. The van der Waals surface area contributed by atoms with Gasteiger partial charge in [-0.3, -0.25) is 9.80 Å². The number of carbonyl (C=O) groups is 1. The summed E-state index contributed by atoms with van der Waals surface area (Å²) < 4.78 is 20.7. The molecule has 4 atom stereocenters. The largest absolute Gasteiger partial charge is 0.444 e. The van der Waals surface area contributed by atoms with Crippen LogP contribution in [0.25, 0.3) is 0 Å². The van der Waals surface area contributed by atoms with Crippen LogP contribution >= 0.6 is 0 Å². The summed E-state index contributed by atoms with van der Waals surface area (Å²) in [6.45, 7) is 6.26. The first-order valence-corrected chi connectivity index (χ1v) is 9.16. The molecule has 0 aromatic heterocycles. The SMILES string of the molecule is CN(Cc1ccccc1)[C@@H]1CC2CCC([C@@H]1F)N2C(=O)OC(C)(C)C. The maximum Gasteiger partial charge on any atom is 0.410 e. The maximum absolute atomic E-state index is 15.2. The summed E-state index contributed by atoms with van der Waals surface area (Å²) in [4.78, 5) is 16.3. The lowest BCUT2D eigenvalue weighted by atomic mass is 9.94. The van der Waals surface area contributed by atoms with E-state index in [4.69, 9.17) is 4.74 Å². The molecule has 3 rings (SSSR count). The fourth-order valence-electron chi connectivity index (χ4n) is 4.13. The lowest BCUT2D eigenvalue weighted by Crippen LogP contribution is -2.59. The summed E-state index contributed by atoms with van der Waals surface area (Å²) >= 11 is 0. The van der Waals surface area contributed by atoms with E-state index in [0.29, 0.717) is 6.42 Å². The first kappa shape index (κ1) is 18.2. The van der Waals surface area contributed by atoms with Crippen LogP contribution in [-0.2, 0) is 11.3 Å². The van der Waals surface area contributed by atoms with E-state index in [-0.39, 0.29) is 24.2 Å². The monoisotopic (exact) mass is 348 g/mol. The molecule has 2 aliphatic rings. The minimum Gasteiger partial charge on any atom is -0.444 e. The van der Waals surface area contributed by atoms with Crippen molar-refractivity contribution in [1.82, 2.24) is 9.80 Å². The second kappa shape index (κ2) is 6.94. The normalized spacial score (nSPS) is 29.1. The van der Waals surface area contributed by atoms with Gasteiger partial charge in [-0.05, 0) is 52.6 Å². The second-order valence-electron chi connectivity index (χ2n) is 8.33. The molecular weight excluding hydrogens is 319 g/mol. The Morgan fingerprint density at radius 3 is 2.60 bits per heavy atom. The highest BCUT2D eigenvalue weighted by atomic mass is 19.1. The Morgan fingerprint density at radius 2 is 1.96 bits per heavy atom. The van der Waals surface area contributed by atoms with E-state index >= 15 is 4.39 Å². The smallest absolute Gasteiger partial charge is 0.410 e. The zero-order valence-corrected chi connectivity index (χ0v) is 15.6. The zero-order valence-electron chi connectivity index (χ0n) is 15.6. The molecule has 25 heavy (non-hydrogen) atoms. The zero-order chi connectivity index (χ0) is 18.2. The molecule has 1 aromatic carbocycles. The predicted molar refractivity (Wildman–Crippen MR) is 96.1 cm³/mol.